The van der Waals surface area contributed by atoms with Gasteiger partial charge >= 0.3 is 0 Å². The summed E-state index contributed by atoms with van der Waals surface area (Å²) < 4.78 is 28.4. The third-order valence-corrected chi connectivity index (χ3v) is 5.00. The molecule has 27 heavy (non-hydrogen) atoms. The molecular weight excluding hydrogens is 344 g/mol. The van der Waals surface area contributed by atoms with E-state index in [0.29, 0.717) is 19.3 Å². The summed E-state index contributed by atoms with van der Waals surface area (Å²) in [5, 5.41) is 0. The van der Waals surface area contributed by atoms with Gasteiger partial charge in [-0.1, -0.05) is 51.9 Å². The van der Waals surface area contributed by atoms with Gasteiger partial charge < -0.3 is 23.7 Å². The number of rotatable bonds is 20. The zero-order chi connectivity index (χ0) is 19.8. The highest BCUT2D eigenvalue weighted by atomic mass is 16.8. The standard InChI is InChI=1S/C22H44O5/c1-5-8-9-10-11-12-13-15-22(4,27-21(24-6-2)25-7-3)16-14-17-23-18-20-19-26-20/h20-21H,5-19H2,1-4H3. The van der Waals surface area contributed by atoms with Gasteiger partial charge in [0.25, 0.3) is 6.48 Å². The van der Waals surface area contributed by atoms with Gasteiger partial charge in [-0.15, -0.1) is 0 Å². The van der Waals surface area contributed by atoms with E-state index in [1.165, 1.54) is 44.9 Å². The Balaban J connectivity index is 2.34. The molecule has 1 saturated heterocycles. The molecule has 162 valence electrons. The smallest absolute Gasteiger partial charge is 0.272 e. The van der Waals surface area contributed by atoms with Crippen LogP contribution in [0.25, 0.3) is 0 Å². The number of unbranched alkanes of at least 4 members (excludes halogenated alkanes) is 6. The highest BCUT2D eigenvalue weighted by Gasteiger charge is 2.29. The summed E-state index contributed by atoms with van der Waals surface area (Å²) in [5.74, 6) is 0. The molecule has 1 fully saturated rings. The van der Waals surface area contributed by atoms with Crippen molar-refractivity contribution in [3.8, 4) is 0 Å². The third-order valence-electron chi connectivity index (χ3n) is 5.00. The second-order valence-electron chi connectivity index (χ2n) is 7.77. The highest BCUT2D eigenvalue weighted by molar-refractivity contribution is 4.76. The van der Waals surface area contributed by atoms with E-state index in [1.54, 1.807) is 0 Å². The first-order valence-corrected chi connectivity index (χ1v) is 11.2. The van der Waals surface area contributed by atoms with Gasteiger partial charge in [-0.25, -0.2) is 0 Å². The van der Waals surface area contributed by atoms with Crippen molar-refractivity contribution in [2.45, 2.75) is 110 Å². The van der Waals surface area contributed by atoms with Gasteiger partial charge in [-0.2, -0.15) is 0 Å². The molecule has 1 heterocycles. The minimum absolute atomic E-state index is 0.238. The maximum atomic E-state index is 6.28. The molecule has 1 aliphatic heterocycles. The van der Waals surface area contributed by atoms with Crippen molar-refractivity contribution >= 4 is 0 Å². The molecule has 1 aliphatic rings. The number of hydrogen-bond donors (Lipinski definition) is 0. The molecule has 5 heteroatoms. The lowest BCUT2D eigenvalue weighted by molar-refractivity contribution is -0.324. The largest absolute Gasteiger partial charge is 0.379 e. The molecule has 1 rings (SSSR count). The molecule has 0 radical (unpaired) electrons. The van der Waals surface area contributed by atoms with Gasteiger partial charge in [-0.3, -0.25) is 0 Å². The summed E-state index contributed by atoms with van der Waals surface area (Å²) in [6.07, 6.45) is 12.4. The summed E-state index contributed by atoms with van der Waals surface area (Å²) in [6.45, 7) is 11.3. The van der Waals surface area contributed by atoms with Crippen molar-refractivity contribution in [1.82, 2.24) is 0 Å². The Bertz CT molecular complexity index is 329. The predicted octanol–water partition coefficient (Wildman–Crippen LogP) is 5.45. The van der Waals surface area contributed by atoms with Gasteiger partial charge in [0.1, 0.15) is 6.10 Å². The van der Waals surface area contributed by atoms with Crippen LogP contribution in [-0.4, -0.2) is 51.2 Å². The predicted molar refractivity (Wildman–Crippen MR) is 109 cm³/mol. The van der Waals surface area contributed by atoms with Crippen LogP contribution >= 0.6 is 0 Å². The lowest BCUT2D eigenvalue weighted by Crippen LogP contribution is -2.37. The monoisotopic (exact) mass is 388 g/mol. The fraction of sp³-hybridized carbons (Fsp3) is 1.00. The summed E-state index contributed by atoms with van der Waals surface area (Å²) >= 11 is 0. The average Bonchev–Trinajstić information content (AvgIpc) is 3.45. The van der Waals surface area contributed by atoms with Crippen LogP contribution in [0.2, 0.25) is 0 Å². The molecule has 0 spiro atoms. The molecule has 0 saturated carbocycles. The van der Waals surface area contributed by atoms with Crippen LogP contribution in [0, 0.1) is 0 Å². The first-order valence-electron chi connectivity index (χ1n) is 11.2. The van der Waals surface area contributed by atoms with Crippen LogP contribution in [-0.2, 0) is 23.7 Å². The van der Waals surface area contributed by atoms with E-state index >= 15 is 0 Å². The highest BCUT2D eigenvalue weighted by Crippen LogP contribution is 2.28. The first kappa shape index (κ1) is 24.8. The minimum atomic E-state index is -0.574. The van der Waals surface area contributed by atoms with E-state index < -0.39 is 6.48 Å². The van der Waals surface area contributed by atoms with E-state index in [1.807, 2.05) is 13.8 Å². The van der Waals surface area contributed by atoms with Crippen LogP contribution in [0.3, 0.4) is 0 Å². The molecule has 2 unspecified atom stereocenters. The topological polar surface area (TPSA) is 49.5 Å². The lowest BCUT2D eigenvalue weighted by atomic mass is 9.92. The minimum Gasteiger partial charge on any atom is -0.379 e. The van der Waals surface area contributed by atoms with Crippen molar-refractivity contribution in [2.24, 2.45) is 0 Å². The lowest BCUT2D eigenvalue weighted by Gasteiger charge is -2.34. The Morgan fingerprint density at radius 2 is 1.48 bits per heavy atom. The maximum absolute atomic E-state index is 6.28. The zero-order valence-electron chi connectivity index (χ0n) is 18.3. The van der Waals surface area contributed by atoms with Gasteiger partial charge in [0.2, 0.25) is 0 Å². The summed E-state index contributed by atoms with van der Waals surface area (Å²) in [5.41, 5.74) is -0.238. The van der Waals surface area contributed by atoms with Crippen molar-refractivity contribution < 1.29 is 23.7 Å². The molecular formula is C22H44O5. The van der Waals surface area contributed by atoms with Crippen molar-refractivity contribution in [1.29, 1.82) is 0 Å². The molecule has 5 nitrogen and oxygen atoms in total. The van der Waals surface area contributed by atoms with Gasteiger partial charge in [0, 0.05) is 19.8 Å². The molecule has 0 aliphatic carbocycles. The van der Waals surface area contributed by atoms with E-state index in [4.69, 9.17) is 23.7 Å². The van der Waals surface area contributed by atoms with Crippen LogP contribution in [0.4, 0.5) is 0 Å². The van der Waals surface area contributed by atoms with Crippen LogP contribution in [0.1, 0.15) is 91.9 Å². The Hall–Kier alpha value is -0.200. The fourth-order valence-corrected chi connectivity index (χ4v) is 3.25. The SMILES string of the molecule is CCCCCCCCCC(C)(CCCOCC1CO1)OC(OCC)OCC. The fourth-order valence-electron chi connectivity index (χ4n) is 3.25. The molecule has 0 aromatic heterocycles. The molecule has 0 aromatic rings. The zero-order valence-corrected chi connectivity index (χ0v) is 18.3. The Kier molecular flexibility index (Phi) is 14.4. The Labute approximate surface area is 167 Å². The van der Waals surface area contributed by atoms with Crippen molar-refractivity contribution in [2.75, 3.05) is 33.0 Å². The Morgan fingerprint density at radius 1 is 0.889 bits per heavy atom. The molecule has 0 N–H and O–H groups in total. The summed E-state index contributed by atoms with van der Waals surface area (Å²) in [4.78, 5) is 0. The van der Waals surface area contributed by atoms with Gasteiger partial charge in [-0.05, 0) is 40.0 Å². The van der Waals surface area contributed by atoms with Crippen LogP contribution in [0.5, 0.6) is 0 Å². The van der Waals surface area contributed by atoms with Crippen LogP contribution in [0.15, 0.2) is 0 Å². The van der Waals surface area contributed by atoms with E-state index in [9.17, 15) is 0 Å². The second kappa shape index (κ2) is 15.7. The van der Waals surface area contributed by atoms with Crippen molar-refractivity contribution in [3.63, 3.8) is 0 Å². The number of hydrogen-bond acceptors (Lipinski definition) is 5. The molecule has 0 amide bonds. The normalized spacial score (nSPS) is 18.8. The third kappa shape index (κ3) is 13.6. The first-order chi connectivity index (χ1) is 13.1. The number of epoxide rings is 1. The van der Waals surface area contributed by atoms with Gasteiger partial charge in [0.05, 0.1) is 18.8 Å². The van der Waals surface area contributed by atoms with Crippen molar-refractivity contribution in [3.05, 3.63) is 0 Å². The van der Waals surface area contributed by atoms with E-state index in [-0.39, 0.29) is 5.60 Å². The van der Waals surface area contributed by atoms with E-state index in [2.05, 4.69) is 13.8 Å². The molecule has 2 atom stereocenters. The van der Waals surface area contributed by atoms with E-state index in [0.717, 1.165) is 39.1 Å². The second-order valence-corrected chi connectivity index (χ2v) is 7.77. The van der Waals surface area contributed by atoms with Gasteiger partial charge in [0.15, 0.2) is 0 Å². The number of ether oxygens (including phenoxy) is 5. The molecule has 0 bridgehead atoms. The maximum Gasteiger partial charge on any atom is 0.272 e. The Morgan fingerprint density at radius 3 is 2.07 bits per heavy atom. The molecule has 0 aromatic carbocycles. The quantitative estimate of drug-likeness (QED) is 0.158. The average molecular weight is 389 g/mol. The summed E-state index contributed by atoms with van der Waals surface area (Å²) in [7, 11) is 0. The summed E-state index contributed by atoms with van der Waals surface area (Å²) in [6, 6.07) is 0. The van der Waals surface area contributed by atoms with Crippen LogP contribution < -0.4 is 0 Å².